The van der Waals surface area contributed by atoms with Crippen LogP contribution in [0.15, 0.2) is 35.2 Å². The molecule has 0 spiro atoms. The van der Waals surface area contributed by atoms with Gasteiger partial charge in [0.2, 0.25) is 0 Å². The summed E-state index contributed by atoms with van der Waals surface area (Å²) >= 11 is 3.40. The maximum Gasteiger partial charge on any atom is 0.181 e. The lowest BCUT2D eigenvalue weighted by Crippen LogP contribution is -1.87. The Morgan fingerprint density at radius 1 is 1.24 bits per heavy atom. The van der Waals surface area contributed by atoms with Crippen molar-refractivity contribution in [2.24, 2.45) is 0 Å². The summed E-state index contributed by atoms with van der Waals surface area (Å²) in [6.07, 6.45) is 3.17. The third-order valence-electron chi connectivity index (χ3n) is 2.36. The number of nitrogens with two attached hydrogens (primary N) is 1. The van der Waals surface area contributed by atoms with E-state index in [0.29, 0.717) is 11.3 Å². The number of hydrogen-bond acceptors (Lipinski definition) is 4. The van der Waals surface area contributed by atoms with E-state index in [2.05, 4.69) is 35.9 Å². The number of imidazole rings is 1. The average Bonchev–Trinajstić information content (AvgIpc) is 2.71. The quantitative estimate of drug-likeness (QED) is 0.674. The molecule has 1 aromatic carbocycles. The zero-order chi connectivity index (χ0) is 11.8. The van der Waals surface area contributed by atoms with Crippen molar-refractivity contribution < 1.29 is 0 Å². The number of rotatable bonds is 1. The number of halogens is 1. The second kappa shape index (κ2) is 3.81. The van der Waals surface area contributed by atoms with Crippen LogP contribution in [-0.2, 0) is 0 Å². The predicted molar refractivity (Wildman–Crippen MR) is 69.2 cm³/mol. The molecule has 2 heterocycles. The number of fused-ring (bicyclic) bond motifs is 1. The molecule has 84 valence electrons. The molecular weight excluding hydrogens is 282 g/mol. The van der Waals surface area contributed by atoms with E-state index in [1.54, 1.807) is 6.20 Å². The van der Waals surface area contributed by atoms with Gasteiger partial charge in [0.1, 0.15) is 17.7 Å². The molecule has 0 atom stereocenters. The van der Waals surface area contributed by atoms with Crippen molar-refractivity contribution >= 4 is 32.8 Å². The number of aromatic nitrogens is 4. The Morgan fingerprint density at radius 2 is 2.12 bits per heavy atom. The molecule has 0 unspecified atom stereocenters. The average molecular weight is 290 g/mol. The molecule has 0 saturated carbocycles. The third-order valence-corrected chi connectivity index (χ3v) is 2.81. The van der Waals surface area contributed by atoms with Crippen molar-refractivity contribution in [3.05, 3.63) is 35.2 Å². The molecular formula is C11H8BrN5. The van der Waals surface area contributed by atoms with Crippen molar-refractivity contribution in [2.75, 3.05) is 5.73 Å². The molecule has 2 aromatic heterocycles. The van der Waals surface area contributed by atoms with E-state index < -0.39 is 0 Å². The van der Waals surface area contributed by atoms with Crippen LogP contribution >= 0.6 is 15.9 Å². The normalized spacial score (nSPS) is 10.9. The molecule has 0 radical (unpaired) electrons. The van der Waals surface area contributed by atoms with Crippen LogP contribution in [0.1, 0.15) is 0 Å². The van der Waals surface area contributed by atoms with Crippen LogP contribution in [0.3, 0.4) is 0 Å². The van der Waals surface area contributed by atoms with Gasteiger partial charge in [-0.1, -0.05) is 15.9 Å². The lowest BCUT2D eigenvalue weighted by Gasteiger charge is -2.00. The van der Waals surface area contributed by atoms with E-state index in [4.69, 9.17) is 5.73 Å². The number of hydrogen-bond donors (Lipinski definition) is 2. The fourth-order valence-corrected chi connectivity index (χ4v) is 2.16. The summed E-state index contributed by atoms with van der Waals surface area (Å²) in [5.74, 6) is 0.730. The summed E-state index contributed by atoms with van der Waals surface area (Å²) in [6, 6.07) is 5.64. The van der Waals surface area contributed by atoms with Crippen molar-refractivity contribution in [1.82, 2.24) is 19.9 Å². The SMILES string of the molecule is Nc1cc(Br)cc(-c2nc3ncncc3[nH]2)c1. The van der Waals surface area contributed by atoms with Crippen LogP contribution in [-0.4, -0.2) is 19.9 Å². The molecule has 0 fully saturated rings. The van der Waals surface area contributed by atoms with Crippen LogP contribution < -0.4 is 5.73 Å². The first kappa shape index (κ1) is 10.2. The molecule has 0 aliphatic rings. The van der Waals surface area contributed by atoms with E-state index in [1.165, 1.54) is 6.33 Å². The Kier molecular flexibility index (Phi) is 2.29. The molecule has 0 aliphatic heterocycles. The summed E-state index contributed by atoms with van der Waals surface area (Å²) in [5, 5.41) is 0. The van der Waals surface area contributed by atoms with Crippen LogP contribution in [0.2, 0.25) is 0 Å². The molecule has 6 heteroatoms. The largest absolute Gasteiger partial charge is 0.399 e. The maximum atomic E-state index is 5.79. The minimum Gasteiger partial charge on any atom is -0.399 e. The minimum atomic E-state index is 0.647. The Balaban J connectivity index is 2.20. The standard InChI is InChI=1S/C11H8BrN5/c12-7-1-6(2-8(13)3-7)10-16-9-4-14-5-15-11(9)17-10/h1-5H,13H2,(H,14,15,16,17). The fourth-order valence-electron chi connectivity index (χ4n) is 1.65. The third kappa shape index (κ3) is 1.87. The first-order chi connectivity index (χ1) is 8.22. The first-order valence-electron chi connectivity index (χ1n) is 4.94. The van der Waals surface area contributed by atoms with Crippen LogP contribution in [0.25, 0.3) is 22.6 Å². The monoisotopic (exact) mass is 289 g/mol. The van der Waals surface area contributed by atoms with Gasteiger partial charge in [0, 0.05) is 15.7 Å². The lowest BCUT2D eigenvalue weighted by atomic mass is 10.2. The molecule has 3 aromatic rings. The van der Waals surface area contributed by atoms with Gasteiger partial charge in [-0.05, 0) is 18.2 Å². The van der Waals surface area contributed by atoms with Gasteiger partial charge >= 0.3 is 0 Å². The summed E-state index contributed by atoms with van der Waals surface area (Å²) in [7, 11) is 0. The molecule has 0 bridgehead atoms. The Hall–Kier alpha value is -1.95. The zero-order valence-electron chi connectivity index (χ0n) is 8.68. The highest BCUT2D eigenvalue weighted by Crippen LogP contribution is 2.25. The van der Waals surface area contributed by atoms with Crippen molar-refractivity contribution in [3.8, 4) is 11.4 Å². The van der Waals surface area contributed by atoms with Crippen LogP contribution in [0, 0.1) is 0 Å². The minimum absolute atomic E-state index is 0.647. The molecule has 3 rings (SSSR count). The van der Waals surface area contributed by atoms with E-state index >= 15 is 0 Å². The second-order valence-corrected chi connectivity index (χ2v) is 4.53. The Morgan fingerprint density at radius 3 is 2.88 bits per heavy atom. The summed E-state index contributed by atoms with van der Waals surface area (Å²) in [4.78, 5) is 15.6. The van der Waals surface area contributed by atoms with Gasteiger partial charge in [-0.3, -0.25) is 0 Å². The number of aromatic amines is 1. The predicted octanol–water partition coefficient (Wildman–Crippen LogP) is 2.36. The molecule has 3 N–H and O–H groups in total. The van der Waals surface area contributed by atoms with E-state index in [-0.39, 0.29) is 0 Å². The van der Waals surface area contributed by atoms with Gasteiger partial charge in [0.25, 0.3) is 0 Å². The molecule has 0 aliphatic carbocycles. The van der Waals surface area contributed by atoms with E-state index in [9.17, 15) is 0 Å². The highest BCUT2D eigenvalue weighted by Gasteiger charge is 2.07. The number of benzene rings is 1. The Labute approximate surface area is 105 Å². The first-order valence-corrected chi connectivity index (χ1v) is 5.74. The maximum absolute atomic E-state index is 5.79. The summed E-state index contributed by atoms with van der Waals surface area (Å²) in [5.41, 5.74) is 8.84. The summed E-state index contributed by atoms with van der Waals surface area (Å²) < 4.78 is 0.916. The van der Waals surface area contributed by atoms with E-state index in [1.807, 2.05) is 18.2 Å². The number of nitrogens with one attached hydrogen (secondary N) is 1. The van der Waals surface area contributed by atoms with Crippen molar-refractivity contribution in [1.29, 1.82) is 0 Å². The zero-order valence-corrected chi connectivity index (χ0v) is 10.3. The Bertz CT molecular complexity index is 638. The lowest BCUT2D eigenvalue weighted by molar-refractivity contribution is 1.20. The highest BCUT2D eigenvalue weighted by molar-refractivity contribution is 9.10. The molecule has 17 heavy (non-hydrogen) atoms. The van der Waals surface area contributed by atoms with Gasteiger partial charge in [-0.15, -0.1) is 0 Å². The van der Waals surface area contributed by atoms with E-state index in [0.717, 1.165) is 21.4 Å². The number of nitrogens with zero attached hydrogens (tertiary/aromatic N) is 3. The smallest absolute Gasteiger partial charge is 0.181 e. The highest BCUT2D eigenvalue weighted by atomic mass is 79.9. The van der Waals surface area contributed by atoms with Gasteiger partial charge in [-0.2, -0.15) is 0 Å². The molecule has 5 nitrogen and oxygen atoms in total. The van der Waals surface area contributed by atoms with Crippen LogP contribution in [0.4, 0.5) is 5.69 Å². The molecule has 0 saturated heterocycles. The van der Waals surface area contributed by atoms with Crippen molar-refractivity contribution in [2.45, 2.75) is 0 Å². The fraction of sp³-hybridized carbons (Fsp3) is 0. The van der Waals surface area contributed by atoms with Crippen LogP contribution in [0.5, 0.6) is 0 Å². The van der Waals surface area contributed by atoms with Crippen molar-refractivity contribution in [3.63, 3.8) is 0 Å². The number of anilines is 1. The van der Waals surface area contributed by atoms with Gasteiger partial charge in [0.05, 0.1) is 6.20 Å². The van der Waals surface area contributed by atoms with Gasteiger partial charge in [-0.25, -0.2) is 15.0 Å². The molecule has 0 amide bonds. The van der Waals surface area contributed by atoms with Gasteiger partial charge < -0.3 is 10.7 Å². The summed E-state index contributed by atoms with van der Waals surface area (Å²) in [6.45, 7) is 0. The topological polar surface area (TPSA) is 80.5 Å². The van der Waals surface area contributed by atoms with Gasteiger partial charge in [0.15, 0.2) is 5.65 Å². The second-order valence-electron chi connectivity index (χ2n) is 3.62. The number of H-pyrrole nitrogens is 1. The number of nitrogen functional groups attached to an aromatic ring is 1.